The smallest absolute Gasteiger partial charge is 0.142 e. The van der Waals surface area contributed by atoms with Crippen LogP contribution in [0.5, 0.6) is 0 Å². The molecule has 4 nitrogen and oxygen atoms in total. The van der Waals surface area contributed by atoms with Crippen LogP contribution in [0.1, 0.15) is 12.5 Å². The second-order valence-corrected chi connectivity index (χ2v) is 5.68. The monoisotopic (exact) mass is 303 g/mol. The van der Waals surface area contributed by atoms with Crippen LogP contribution >= 0.6 is 0 Å². The summed E-state index contributed by atoms with van der Waals surface area (Å²) in [5, 5.41) is 14.8. The first-order valence-electron chi connectivity index (χ1n) is 7.28. The zero-order chi connectivity index (χ0) is 15.3. The van der Waals surface area contributed by atoms with Crippen LogP contribution in [0.15, 0.2) is 30.5 Å². The average molecular weight is 303 g/mol. The summed E-state index contributed by atoms with van der Waals surface area (Å²) in [6.45, 7) is 1.35. The molecular weight excluding hydrogens is 288 g/mol. The van der Waals surface area contributed by atoms with Gasteiger partial charge in [-0.05, 0) is 37.2 Å². The van der Waals surface area contributed by atoms with E-state index in [1.165, 1.54) is 18.2 Å². The molecule has 3 heterocycles. The maximum atomic E-state index is 13.6. The second-order valence-electron chi connectivity index (χ2n) is 5.68. The van der Waals surface area contributed by atoms with Gasteiger partial charge in [-0.15, -0.1) is 0 Å². The van der Waals surface area contributed by atoms with Gasteiger partial charge in [0.15, 0.2) is 0 Å². The van der Waals surface area contributed by atoms with Crippen molar-refractivity contribution >= 4 is 21.9 Å². The Morgan fingerprint density at radius 1 is 1.18 bits per heavy atom. The largest absolute Gasteiger partial charge is 0.391 e. The van der Waals surface area contributed by atoms with Crippen molar-refractivity contribution in [1.82, 2.24) is 14.9 Å². The van der Waals surface area contributed by atoms with Gasteiger partial charge in [-0.2, -0.15) is 0 Å². The maximum Gasteiger partial charge on any atom is 0.142 e. The molecule has 0 radical (unpaired) electrons. The highest BCUT2D eigenvalue weighted by molar-refractivity contribution is 6.06. The molecule has 2 N–H and O–H groups in total. The number of pyridine rings is 1. The lowest BCUT2D eigenvalue weighted by Gasteiger charge is -2.30. The zero-order valence-corrected chi connectivity index (χ0v) is 11.8. The molecule has 3 aromatic rings. The highest BCUT2D eigenvalue weighted by atomic mass is 19.1. The summed E-state index contributed by atoms with van der Waals surface area (Å²) in [4.78, 5) is 4.18. The first kappa shape index (κ1) is 13.6. The summed E-state index contributed by atoms with van der Waals surface area (Å²) >= 11 is 0. The lowest BCUT2D eigenvalue weighted by Crippen LogP contribution is -2.41. The number of halogens is 2. The first-order valence-corrected chi connectivity index (χ1v) is 7.28. The molecule has 1 saturated heterocycles. The number of aliphatic hydroxyl groups is 1. The molecule has 0 amide bonds. The van der Waals surface area contributed by atoms with Crippen LogP contribution in [-0.4, -0.2) is 33.9 Å². The fraction of sp³-hybridized carbons (Fsp3) is 0.312. The van der Waals surface area contributed by atoms with Gasteiger partial charge in [0.1, 0.15) is 17.3 Å². The topological polar surface area (TPSA) is 50.1 Å². The fourth-order valence-corrected chi connectivity index (χ4v) is 3.30. The van der Waals surface area contributed by atoms with E-state index in [0.717, 1.165) is 18.3 Å². The lowest BCUT2D eigenvalue weighted by atomic mass is 10.0. The Morgan fingerprint density at radius 2 is 2.00 bits per heavy atom. The average Bonchev–Trinajstić information content (AvgIpc) is 2.81. The van der Waals surface area contributed by atoms with Gasteiger partial charge in [-0.3, -0.25) is 0 Å². The Kier molecular flexibility index (Phi) is 3.09. The number of piperidine rings is 1. The summed E-state index contributed by atoms with van der Waals surface area (Å²) < 4.78 is 29.1. The summed E-state index contributed by atoms with van der Waals surface area (Å²) in [6, 6.07) is 5.57. The molecule has 1 aliphatic rings. The van der Waals surface area contributed by atoms with Crippen molar-refractivity contribution < 1.29 is 13.9 Å². The normalized spacial score (nSPS) is 22.5. The molecule has 1 aromatic carbocycles. The van der Waals surface area contributed by atoms with Gasteiger partial charge in [0, 0.05) is 17.3 Å². The van der Waals surface area contributed by atoms with Gasteiger partial charge in [0.25, 0.3) is 0 Å². The van der Waals surface area contributed by atoms with Crippen molar-refractivity contribution in [3.63, 3.8) is 0 Å². The Bertz CT molecular complexity index is 802. The maximum absolute atomic E-state index is 13.6. The minimum absolute atomic E-state index is 0.211. The summed E-state index contributed by atoms with van der Waals surface area (Å²) in [7, 11) is 0. The highest BCUT2D eigenvalue weighted by Gasteiger charge is 2.28. The van der Waals surface area contributed by atoms with Crippen LogP contribution in [0, 0.1) is 11.6 Å². The molecule has 2 unspecified atom stereocenters. The molecule has 0 bridgehead atoms. The van der Waals surface area contributed by atoms with Crippen LogP contribution < -0.4 is 5.32 Å². The Balaban J connectivity index is 2.06. The molecule has 4 rings (SSSR count). The van der Waals surface area contributed by atoms with Crippen LogP contribution in [0.25, 0.3) is 21.9 Å². The summed E-state index contributed by atoms with van der Waals surface area (Å²) in [5.74, 6) is -0.837. The third-order valence-corrected chi connectivity index (χ3v) is 4.32. The van der Waals surface area contributed by atoms with Crippen LogP contribution in [0.3, 0.4) is 0 Å². The SMILES string of the molecule is OC1CCNCC1n1c2ccc(F)cc2c2cc(F)cnc21. The van der Waals surface area contributed by atoms with Crippen LogP contribution in [-0.2, 0) is 0 Å². The second kappa shape index (κ2) is 5.00. The van der Waals surface area contributed by atoms with Gasteiger partial charge < -0.3 is 15.0 Å². The number of hydrogen-bond acceptors (Lipinski definition) is 3. The molecule has 2 atom stereocenters. The van der Waals surface area contributed by atoms with E-state index >= 15 is 0 Å². The predicted molar refractivity (Wildman–Crippen MR) is 79.7 cm³/mol. The van der Waals surface area contributed by atoms with Gasteiger partial charge in [-0.25, -0.2) is 13.8 Å². The lowest BCUT2D eigenvalue weighted by molar-refractivity contribution is 0.0879. The number of nitrogens with zero attached hydrogens (tertiary/aromatic N) is 2. The molecule has 22 heavy (non-hydrogen) atoms. The van der Waals surface area contributed by atoms with Crippen molar-refractivity contribution in [1.29, 1.82) is 0 Å². The first-order chi connectivity index (χ1) is 10.6. The standard InChI is InChI=1S/C16H15F2N3O/c17-9-1-2-13-11(5-9)12-6-10(18)7-20-16(12)21(13)14-8-19-4-3-15(14)22/h1-2,5-7,14-15,19,22H,3-4,8H2. The minimum Gasteiger partial charge on any atom is -0.391 e. The number of aliphatic hydroxyl groups excluding tert-OH is 1. The number of aromatic nitrogens is 2. The van der Waals surface area contributed by atoms with Crippen molar-refractivity contribution in [2.24, 2.45) is 0 Å². The van der Waals surface area contributed by atoms with Crippen molar-refractivity contribution in [2.45, 2.75) is 18.6 Å². The number of hydrogen-bond donors (Lipinski definition) is 2. The minimum atomic E-state index is -0.517. The number of nitrogens with one attached hydrogen (secondary N) is 1. The van der Waals surface area contributed by atoms with E-state index in [1.807, 2.05) is 4.57 Å². The highest BCUT2D eigenvalue weighted by Crippen LogP contribution is 2.33. The molecule has 0 spiro atoms. The number of rotatable bonds is 1. The zero-order valence-electron chi connectivity index (χ0n) is 11.8. The van der Waals surface area contributed by atoms with Gasteiger partial charge in [0.05, 0.1) is 23.9 Å². The van der Waals surface area contributed by atoms with Gasteiger partial charge in [-0.1, -0.05) is 0 Å². The van der Waals surface area contributed by atoms with E-state index in [4.69, 9.17) is 0 Å². The van der Waals surface area contributed by atoms with Gasteiger partial charge in [0.2, 0.25) is 0 Å². The molecular formula is C16H15F2N3O. The molecule has 2 aromatic heterocycles. The number of benzene rings is 1. The van der Waals surface area contributed by atoms with E-state index in [1.54, 1.807) is 6.07 Å². The molecule has 114 valence electrons. The Morgan fingerprint density at radius 3 is 2.82 bits per heavy atom. The third-order valence-electron chi connectivity index (χ3n) is 4.32. The molecule has 1 aliphatic heterocycles. The third kappa shape index (κ3) is 1.99. The summed E-state index contributed by atoms with van der Waals surface area (Å²) in [5.41, 5.74) is 1.32. The van der Waals surface area contributed by atoms with Gasteiger partial charge >= 0.3 is 0 Å². The Hall–Kier alpha value is -2.05. The van der Waals surface area contributed by atoms with E-state index < -0.39 is 11.9 Å². The summed E-state index contributed by atoms with van der Waals surface area (Å²) in [6.07, 6.45) is 1.27. The number of fused-ring (bicyclic) bond motifs is 3. The van der Waals surface area contributed by atoms with E-state index in [-0.39, 0.29) is 11.9 Å². The van der Waals surface area contributed by atoms with Crippen molar-refractivity contribution in [2.75, 3.05) is 13.1 Å². The molecule has 1 fully saturated rings. The van der Waals surface area contributed by atoms with E-state index in [2.05, 4.69) is 10.3 Å². The van der Waals surface area contributed by atoms with E-state index in [9.17, 15) is 13.9 Å². The quantitative estimate of drug-likeness (QED) is 0.725. The van der Waals surface area contributed by atoms with Crippen molar-refractivity contribution in [3.05, 3.63) is 42.1 Å². The molecule has 6 heteroatoms. The van der Waals surface area contributed by atoms with Crippen LogP contribution in [0.2, 0.25) is 0 Å². The fourth-order valence-electron chi connectivity index (χ4n) is 3.30. The predicted octanol–water partition coefficient (Wildman–Crippen LogP) is 2.36. The van der Waals surface area contributed by atoms with E-state index in [0.29, 0.717) is 29.4 Å². The Labute approximate surface area is 125 Å². The van der Waals surface area contributed by atoms with Crippen molar-refractivity contribution in [3.8, 4) is 0 Å². The molecule has 0 aliphatic carbocycles. The molecule has 0 saturated carbocycles. The van der Waals surface area contributed by atoms with Crippen LogP contribution in [0.4, 0.5) is 8.78 Å².